The van der Waals surface area contributed by atoms with Gasteiger partial charge in [0.25, 0.3) is 0 Å². The van der Waals surface area contributed by atoms with E-state index < -0.39 is 0 Å². The van der Waals surface area contributed by atoms with Crippen molar-refractivity contribution in [3.63, 3.8) is 0 Å². The third kappa shape index (κ3) is 2.83. The van der Waals surface area contributed by atoms with Crippen molar-refractivity contribution in [3.8, 4) is 11.1 Å². The van der Waals surface area contributed by atoms with Crippen LogP contribution in [-0.2, 0) is 0 Å². The Morgan fingerprint density at radius 1 is 1.17 bits per heavy atom. The second-order valence-corrected chi connectivity index (χ2v) is 5.08. The Morgan fingerprint density at radius 2 is 1.94 bits per heavy atom. The van der Waals surface area contributed by atoms with Gasteiger partial charge in [0.05, 0.1) is 0 Å². The summed E-state index contributed by atoms with van der Waals surface area (Å²) in [7, 11) is 0. The van der Waals surface area contributed by atoms with Crippen LogP contribution >= 0.6 is 28.1 Å². The fourth-order valence-electron chi connectivity index (χ4n) is 1.68. The van der Waals surface area contributed by atoms with Crippen LogP contribution in [0.25, 0.3) is 11.1 Å². The monoisotopic (exact) mass is 320 g/mol. The zero-order chi connectivity index (χ0) is 13.1. The van der Waals surface area contributed by atoms with Gasteiger partial charge in [-0.1, -0.05) is 34.1 Å². The highest BCUT2D eigenvalue weighted by Crippen LogP contribution is 2.25. The highest BCUT2D eigenvalue weighted by Gasteiger charge is 2.04. The standard InChI is InChI=1S/C14H9BrO2S/c15-13-5-9(8-16)4-12(7-13)10-2-1-3-11(6-10)14(17)18/h1-8H,(H,17,18). The molecule has 0 aliphatic heterocycles. The predicted molar refractivity (Wildman–Crippen MR) is 79.3 cm³/mol. The zero-order valence-corrected chi connectivity index (χ0v) is 11.7. The van der Waals surface area contributed by atoms with Crippen LogP contribution < -0.4 is 0 Å². The van der Waals surface area contributed by atoms with Crippen LogP contribution in [0.15, 0.2) is 46.9 Å². The molecule has 0 saturated carbocycles. The molecule has 0 heterocycles. The molecule has 1 N–H and O–H groups in total. The SMILES string of the molecule is O=Cc1cc(Br)cc(-c2cccc(C(O)=S)c2)c1. The van der Waals surface area contributed by atoms with Gasteiger partial charge in [-0.2, -0.15) is 0 Å². The maximum atomic E-state index is 10.8. The van der Waals surface area contributed by atoms with Crippen LogP contribution in [-0.4, -0.2) is 16.4 Å². The Kier molecular flexibility index (Phi) is 3.89. The molecule has 0 saturated heterocycles. The quantitative estimate of drug-likeness (QED) is 0.681. The maximum absolute atomic E-state index is 10.8. The summed E-state index contributed by atoms with van der Waals surface area (Å²) in [6, 6.07) is 12.7. The Bertz CT molecular complexity index is 623. The number of aliphatic hydroxyl groups excluding tert-OH is 1. The van der Waals surface area contributed by atoms with Crippen LogP contribution in [0.3, 0.4) is 0 Å². The van der Waals surface area contributed by atoms with Crippen molar-refractivity contribution in [1.82, 2.24) is 0 Å². The van der Waals surface area contributed by atoms with Gasteiger partial charge in [0.2, 0.25) is 0 Å². The Balaban J connectivity index is 2.54. The number of carbonyl (C=O) groups excluding carboxylic acids is 1. The first kappa shape index (κ1) is 12.9. The van der Waals surface area contributed by atoms with Gasteiger partial charge in [-0.05, 0) is 47.6 Å². The molecule has 0 bridgehead atoms. The number of benzene rings is 2. The molecule has 2 nitrogen and oxygen atoms in total. The first-order valence-corrected chi connectivity index (χ1v) is 6.40. The van der Waals surface area contributed by atoms with E-state index in [1.165, 1.54) is 0 Å². The number of aliphatic hydroxyl groups is 1. The van der Waals surface area contributed by atoms with Crippen LogP contribution in [0.5, 0.6) is 0 Å². The second-order valence-electron chi connectivity index (χ2n) is 3.78. The molecule has 0 amide bonds. The summed E-state index contributed by atoms with van der Waals surface area (Å²) < 4.78 is 0.832. The molecule has 0 aromatic heterocycles. The highest BCUT2D eigenvalue weighted by molar-refractivity contribution is 9.10. The average molecular weight is 321 g/mol. The smallest absolute Gasteiger partial charge is 0.188 e. The van der Waals surface area contributed by atoms with Crippen molar-refractivity contribution in [2.24, 2.45) is 0 Å². The molecule has 0 spiro atoms. The number of hydrogen-bond donors (Lipinski definition) is 1. The second kappa shape index (κ2) is 5.42. The van der Waals surface area contributed by atoms with Crippen LogP contribution in [0.1, 0.15) is 15.9 Å². The van der Waals surface area contributed by atoms with E-state index in [0.29, 0.717) is 11.1 Å². The molecule has 2 aromatic rings. The zero-order valence-electron chi connectivity index (χ0n) is 9.26. The number of thiocarbonyl (C=S) groups is 1. The molecule has 0 atom stereocenters. The Morgan fingerprint density at radius 3 is 2.61 bits per heavy atom. The van der Waals surface area contributed by atoms with E-state index in [0.717, 1.165) is 21.9 Å². The van der Waals surface area contributed by atoms with E-state index in [-0.39, 0.29) is 5.05 Å². The first-order chi connectivity index (χ1) is 8.60. The molecule has 0 fully saturated rings. The lowest BCUT2D eigenvalue weighted by atomic mass is 10.0. The Hall–Kier alpha value is -1.52. The fraction of sp³-hybridized carbons (Fsp3) is 0. The van der Waals surface area contributed by atoms with Gasteiger partial charge in [0.1, 0.15) is 6.29 Å². The average Bonchev–Trinajstić information content (AvgIpc) is 2.38. The molecule has 0 unspecified atom stereocenters. The molecule has 2 aromatic carbocycles. The van der Waals surface area contributed by atoms with Crippen LogP contribution in [0.2, 0.25) is 0 Å². The lowest BCUT2D eigenvalue weighted by molar-refractivity contribution is 0.112. The van der Waals surface area contributed by atoms with Gasteiger partial charge in [-0.15, -0.1) is 0 Å². The number of aldehydes is 1. The number of rotatable bonds is 3. The molecular formula is C14H9BrO2S. The summed E-state index contributed by atoms with van der Waals surface area (Å²) in [4.78, 5) is 10.8. The Labute approximate surface area is 118 Å². The van der Waals surface area contributed by atoms with Crippen molar-refractivity contribution in [3.05, 3.63) is 58.1 Å². The summed E-state index contributed by atoms with van der Waals surface area (Å²) in [6.07, 6.45) is 0.800. The third-order valence-electron chi connectivity index (χ3n) is 2.50. The lowest BCUT2D eigenvalue weighted by Crippen LogP contribution is -1.94. The summed E-state index contributed by atoms with van der Waals surface area (Å²) in [5.74, 6) is 0. The van der Waals surface area contributed by atoms with Crippen molar-refractivity contribution in [2.45, 2.75) is 0 Å². The molecule has 0 radical (unpaired) electrons. The van der Waals surface area contributed by atoms with Gasteiger partial charge in [0.15, 0.2) is 5.05 Å². The van der Waals surface area contributed by atoms with E-state index in [2.05, 4.69) is 15.9 Å². The van der Waals surface area contributed by atoms with Gasteiger partial charge < -0.3 is 5.11 Å². The minimum absolute atomic E-state index is 0.137. The summed E-state index contributed by atoms with van der Waals surface area (Å²) in [5.41, 5.74) is 2.98. The molecule has 90 valence electrons. The van der Waals surface area contributed by atoms with E-state index >= 15 is 0 Å². The molecule has 0 aliphatic carbocycles. The topological polar surface area (TPSA) is 37.3 Å². The number of halogens is 1. The van der Waals surface area contributed by atoms with Crippen molar-refractivity contribution < 1.29 is 9.90 Å². The predicted octanol–water partition coefficient (Wildman–Crippen LogP) is 4.16. The highest BCUT2D eigenvalue weighted by atomic mass is 79.9. The molecule has 18 heavy (non-hydrogen) atoms. The normalized spacial score (nSPS) is 10.1. The molecule has 4 heteroatoms. The minimum Gasteiger partial charge on any atom is -0.499 e. The van der Waals surface area contributed by atoms with E-state index in [1.54, 1.807) is 24.3 Å². The van der Waals surface area contributed by atoms with Crippen molar-refractivity contribution >= 4 is 39.5 Å². The van der Waals surface area contributed by atoms with Gasteiger partial charge in [-0.3, -0.25) is 4.79 Å². The lowest BCUT2D eigenvalue weighted by Gasteiger charge is -2.05. The molecule has 0 aliphatic rings. The molecular weight excluding hydrogens is 312 g/mol. The van der Waals surface area contributed by atoms with Crippen molar-refractivity contribution in [1.29, 1.82) is 0 Å². The van der Waals surface area contributed by atoms with E-state index in [9.17, 15) is 9.90 Å². The minimum atomic E-state index is -0.137. The summed E-state index contributed by atoms with van der Waals surface area (Å²) in [6.45, 7) is 0. The third-order valence-corrected chi connectivity index (χ3v) is 3.19. The summed E-state index contributed by atoms with van der Waals surface area (Å²) >= 11 is 8.10. The largest absolute Gasteiger partial charge is 0.499 e. The summed E-state index contributed by atoms with van der Waals surface area (Å²) in [5, 5.41) is 9.18. The number of carbonyl (C=O) groups is 1. The molecule has 2 rings (SSSR count). The van der Waals surface area contributed by atoms with Crippen molar-refractivity contribution in [2.75, 3.05) is 0 Å². The van der Waals surface area contributed by atoms with Gasteiger partial charge in [-0.25, -0.2) is 0 Å². The number of hydrogen-bond acceptors (Lipinski definition) is 2. The fourth-order valence-corrected chi connectivity index (χ4v) is 2.32. The first-order valence-electron chi connectivity index (χ1n) is 5.19. The van der Waals surface area contributed by atoms with Crippen LogP contribution in [0.4, 0.5) is 0 Å². The van der Waals surface area contributed by atoms with Gasteiger partial charge >= 0.3 is 0 Å². The van der Waals surface area contributed by atoms with Crippen LogP contribution in [0, 0.1) is 0 Å². The van der Waals surface area contributed by atoms with E-state index in [1.807, 2.05) is 18.2 Å². The maximum Gasteiger partial charge on any atom is 0.188 e. The van der Waals surface area contributed by atoms with E-state index in [4.69, 9.17) is 12.2 Å². The van der Waals surface area contributed by atoms with Gasteiger partial charge in [0, 0.05) is 15.6 Å².